The van der Waals surface area contributed by atoms with Gasteiger partial charge in [0.15, 0.2) is 5.60 Å². The van der Waals surface area contributed by atoms with Crippen molar-refractivity contribution in [2.45, 2.75) is 18.4 Å². The van der Waals surface area contributed by atoms with Crippen LogP contribution in [0.1, 0.15) is 17.5 Å². The van der Waals surface area contributed by atoms with Gasteiger partial charge in [-0.05, 0) is 36.1 Å². The second-order valence-electron chi connectivity index (χ2n) is 3.86. The highest BCUT2D eigenvalue weighted by Gasteiger charge is 2.46. The number of carbonyl (C=O) groups is 1. The van der Waals surface area contributed by atoms with Crippen molar-refractivity contribution in [3.8, 4) is 5.75 Å². The molecular weight excluding hydrogens is 208 g/mol. The van der Waals surface area contributed by atoms with Crippen molar-refractivity contribution in [1.82, 2.24) is 0 Å². The maximum absolute atomic E-state index is 11.3. The van der Waals surface area contributed by atoms with Gasteiger partial charge in [0.2, 0.25) is 0 Å². The second kappa shape index (κ2) is 3.79. The monoisotopic (exact) mass is 222 g/mol. The molecule has 1 aromatic carbocycles. The predicted octanol–water partition coefficient (Wildman–Crippen LogP) is 1.57. The van der Waals surface area contributed by atoms with E-state index < -0.39 is 11.6 Å². The largest absolute Gasteiger partial charge is 0.497 e. The number of hydrogen-bond donors (Lipinski definition) is 1. The summed E-state index contributed by atoms with van der Waals surface area (Å²) in [5, 5.41) is 9.28. The fourth-order valence-corrected chi connectivity index (χ4v) is 2.26. The molecular formula is C12H14O4. The number of hydrogen-bond acceptors (Lipinski definition) is 3. The Balaban J connectivity index is 2.50. The standard InChI is InChI=1S/C12H14O4/c1-15-9-3-4-10-8(7-9)5-6-12(10,16-2)11(13)14/h3-4,7H,5-6H2,1-2H3,(H,13,14). The molecule has 1 unspecified atom stereocenters. The predicted molar refractivity (Wildman–Crippen MR) is 57.6 cm³/mol. The highest BCUT2D eigenvalue weighted by Crippen LogP contribution is 2.41. The van der Waals surface area contributed by atoms with Gasteiger partial charge in [0.1, 0.15) is 5.75 Å². The topological polar surface area (TPSA) is 55.8 Å². The van der Waals surface area contributed by atoms with Crippen LogP contribution in [-0.4, -0.2) is 25.3 Å². The number of fused-ring (bicyclic) bond motifs is 1. The molecule has 1 N–H and O–H groups in total. The van der Waals surface area contributed by atoms with Crippen LogP contribution < -0.4 is 4.74 Å². The molecule has 0 saturated heterocycles. The summed E-state index contributed by atoms with van der Waals surface area (Å²) in [5.74, 6) is -0.185. The first-order valence-corrected chi connectivity index (χ1v) is 5.10. The smallest absolute Gasteiger partial charge is 0.340 e. The average Bonchev–Trinajstić information content (AvgIpc) is 2.67. The Hall–Kier alpha value is -1.55. The third-order valence-electron chi connectivity index (χ3n) is 3.19. The summed E-state index contributed by atoms with van der Waals surface area (Å²) in [7, 11) is 3.03. The van der Waals surface area contributed by atoms with Gasteiger partial charge >= 0.3 is 5.97 Å². The van der Waals surface area contributed by atoms with Gasteiger partial charge in [0.05, 0.1) is 7.11 Å². The lowest BCUT2D eigenvalue weighted by Crippen LogP contribution is -2.35. The number of aliphatic carboxylic acids is 1. The molecule has 0 heterocycles. The van der Waals surface area contributed by atoms with E-state index >= 15 is 0 Å². The average molecular weight is 222 g/mol. The Labute approximate surface area is 93.8 Å². The van der Waals surface area contributed by atoms with Gasteiger partial charge in [-0.15, -0.1) is 0 Å². The first-order chi connectivity index (χ1) is 7.64. The molecule has 0 spiro atoms. The van der Waals surface area contributed by atoms with Crippen molar-refractivity contribution in [3.63, 3.8) is 0 Å². The van der Waals surface area contributed by atoms with Crippen LogP contribution in [0.5, 0.6) is 5.75 Å². The molecule has 0 saturated carbocycles. The summed E-state index contributed by atoms with van der Waals surface area (Å²) in [6, 6.07) is 5.42. The van der Waals surface area contributed by atoms with E-state index in [4.69, 9.17) is 9.47 Å². The maximum atomic E-state index is 11.3. The van der Waals surface area contributed by atoms with Crippen LogP contribution >= 0.6 is 0 Å². The van der Waals surface area contributed by atoms with E-state index in [-0.39, 0.29) is 0 Å². The quantitative estimate of drug-likeness (QED) is 0.843. The van der Waals surface area contributed by atoms with E-state index in [1.165, 1.54) is 7.11 Å². The zero-order valence-corrected chi connectivity index (χ0v) is 9.32. The SMILES string of the molecule is COc1ccc2c(c1)CCC2(OC)C(=O)O. The molecule has 86 valence electrons. The van der Waals surface area contributed by atoms with E-state index in [1.54, 1.807) is 19.2 Å². The lowest BCUT2D eigenvalue weighted by Gasteiger charge is -2.23. The van der Waals surface area contributed by atoms with Crippen LogP contribution in [0.3, 0.4) is 0 Å². The van der Waals surface area contributed by atoms with Gasteiger partial charge in [-0.3, -0.25) is 0 Å². The van der Waals surface area contributed by atoms with E-state index in [2.05, 4.69) is 0 Å². The molecule has 1 aliphatic carbocycles. The molecule has 0 aromatic heterocycles. The Morgan fingerprint density at radius 2 is 2.19 bits per heavy atom. The van der Waals surface area contributed by atoms with Gasteiger partial charge in [-0.1, -0.05) is 6.07 Å². The fourth-order valence-electron chi connectivity index (χ4n) is 2.26. The molecule has 16 heavy (non-hydrogen) atoms. The van der Waals surface area contributed by atoms with Gasteiger partial charge < -0.3 is 14.6 Å². The molecule has 0 radical (unpaired) electrons. The van der Waals surface area contributed by atoms with Crippen molar-refractivity contribution in [2.24, 2.45) is 0 Å². The van der Waals surface area contributed by atoms with E-state index in [9.17, 15) is 9.90 Å². The minimum Gasteiger partial charge on any atom is -0.497 e. The lowest BCUT2D eigenvalue weighted by molar-refractivity contribution is -0.163. The van der Waals surface area contributed by atoms with Crippen LogP contribution in [0.4, 0.5) is 0 Å². The van der Waals surface area contributed by atoms with Crippen LogP contribution in [0.15, 0.2) is 18.2 Å². The number of ether oxygens (including phenoxy) is 2. The van der Waals surface area contributed by atoms with Gasteiger partial charge in [0, 0.05) is 7.11 Å². The summed E-state index contributed by atoms with van der Waals surface area (Å²) < 4.78 is 10.3. The van der Waals surface area contributed by atoms with Crippen molar-refractivity contribution in [3.05, 3.63) is 29.3 Å². The second-order valence-corrected chi connectivity index (χ2v) is 3.86. The van der Waals surface area contributed by atoms with E-state index in [0.717, 1.165) is 16.9 Å². The number of benzene rings is 1. The van der Waals surface area contributed by atoms with Crippen LogP contribution in [-0.2, 0) is 21.6 Å². The summed E-state index contributed by atoms with van der Waals surface area (Å²) in [5.41, 5.74) is 0.550. The van der Waals surface area contributed by atoms with Crippen LogP contribution in [0.25, 0.3) is 0 Å². The Morgan fingerprint density at radius 3 is 2.75 bits per heavy atom. The highest BCUT2D eigenvalue weighted by molar-refractivity contribution is 5.81. The molecule has 0 bridgehead atoms. The highest BCUT2D eigenvalue weighted by atomic mass is 16.5. The minimum absolute atomic E-state index is 0.474. The summed E-state index contributed by atoms with van der Waals surface area (Å²) >= 11 is 0. The molecule has 1 atom stereocenters. The first-order valence-electron chi connectivity index (χ1n) is 5.10. The fraction of sp³-hybridized carbons (Fsp3) is 0.417. The van der Waals surface area contributed by atoms with E-state index in [1.807, 2.05) is 6.07 Å². The minimum atomic E-state index is -1.18. The van der Waals surface area contributed by atoms with Crippen LogP contribution in [0.2, 0.25) is 0 Å². The number of methoxy groups -OCH3 is 2. The van der Waals surface area contributed by atoms with Crippen molar-refractivity contribution in [2.75, 3.05) is 14.2 Å². The summed E-state index contributed by atoms with van der Waals surface area (Å²) in [6.45, 7) is 0. The molecule has 0 aliphatic heterocycles. The molecule has 1 aliphatic rings. The Morgan fingerprint density at radius 1 is 1.44 bits per heavy atom. The summed E-state index contributed by atoms with van der Waals surface area (Å²) in [6.07, 6.45) is 1.17. The third-order valence-corrected chi connectivity index (χ3v) is 3.19. The summed E-state index contributed by atoms with van der Waals surface area (Å²) in [4.78, 5) is 11.3. The zero-order valence-electron chi connectivity index (χ0n) is 9.32. The number of aryl methyl sites for hydroxylation is 1. The molecule has 0 amide bonds. The molecule has 2 rings (SSSR count). The Bertz CT molecular complexity index is 427. The van der Waals surface area contributed by atoms with Crippen molar-refractivity contribution in [1.29, 1.82) is 0 Å². The normalized spacial score (nSPS) is 22.9. The first kappa shape index (κ1) is 11.0. The molecule has 1 aromatic rings. The van der Waals surface area contributed by atoms with Gasteiger partial charge in [0.25, 0.3) is 0 Å². The molecule has 0 fully saturated rings. The van der Waals surface area contributed by atoms with E-state index in [0.29, 0.717) is 12.8 Å². The maximum Gasteiger partial charge on any atom is 0.340 e. The zero-order chi connectivity index (χ0) is 11.8. The number of rotatable bonds is 3. The van der Waals surface area contributed by atoms with Gasteiger partial charge in [-0.25, -0.2) is 4.79 Å². The molecule has 4 nitrogen and oxygen atoms in total. The Kier molecular flexibility index (Phi) is 2.59. The van der Waals surface area contributed by atoms with Crippen LogP contribution in [0, 0.1) is 0 Å². The number of carboxylic acids is 1. The van der Waals surface area contributed by atoms with Gasteiger partial charge in [-0.2, -0.15) is 0 Å². The van der Waals surface area contributed by atoms with Crippen molar-refractivity contribution >= 4 is 5.97 Å². The van der Waals surface area contributed by atoms with Crippen molar-refractivity contribution < 1.29 is 19.4 Å². The number of carboxylic acid groups (broad SMARTS) is 1. The molecule has 4 heteroatoms. The third kappa shape index (κ3) is 1.38. The lowest BCUT2D eigenvalue weighted by atomic mass is 9.96.